The van der Waals surface area contributed by atoms with Gasteiger partial charge in [0.2, 0.25) is 0 Å². The van der Waals surface area contributed by atoms with E-state index in [1.807, 2.05) is 6.92 Å². The molecular formula is C12H13F2N3. The molecule has 3 nitrogen and oxygen atoms in total. The van der Waals surface area contributed by atoms with Crippen molar-refractivity contribution in [2.24, 2.45) is 0 Å². The molecule has 17 heavy (non-hydrogen) atoms. The fourth-order valence-electron chi connectivity index (χ4n) is 1.53. The van der Waals surface area contributed by atoms with Crippen molar-refractivity contribution in [3.63, 3.8) is 0 Å². The number of benzene rings is 1. The van der Waals surface area contributed by atoms with Gasteiger partial charge in [-0.1, -0.05) is 6.92 Å². The number of aromatic nitrogens is 2. The van der Waals surface area contributed by atoms with Gasteiger partial charge in [-0.2, -0.15) is 0 Å². The van der Waals surface area contributed by atoms with Gasteiger partial charge in [0, 0.05) is 18.8 Å². The summed E-state index contributed by atoms with van der Waals surface area (Å²) in [6.07, 6.45) is 3.24. The van der Waals surface area contributed by atoms with Crippen LogP contribution in [0.2, 0.25) is 0 Å². The molecule has 2 rings (SSSR count). The van der Waals surface area contributed by atoms with E-state index in [2.05, 4.69) is 10.3 Å². The summed E-state index contributed by atoms with van der Waals surface area (Å²) in [7, 11) is 0. The maximum absolute atomic E-state index is 13.5. The number of halogens is 2. The van der Waals surface area contributed by atoms with Gasteiger partial charge in [0.25, 0.3) is 0 Å². The fraction of sp³-hybridized carbons (Fsp3) is 0.250. The van der Waals surface area contributed by atoms with E-state index in [0.717, 1.165) is 18.3 Å². The molecule has 0 amide bonds. The molecule has 0 saturated carbocycles. The van der Waals surface area contributed by atoms with Crippen molar-refractivity contribution < 1.29 is 8.78 Å². The first-order chi connectivity index (χ1) is 8.20. The minimum atomic E-state index is -0.600. The van der Waals surface area contributed by atoms with Crippen molar-refractivity contribution >= 4 is 0 Å². The summed E-state index contributed by atoms with van der Waals surface area (Å²) in [4.78, 5) is 4.13. The topological polar surface area (TPSA) is 29.9 Å². The van der Waals surface area contributed by atoms with Crippen LogP contribution in [0, 0.1) is 11.6 Å². The predicted molar refractivity (Wildman–Crippen MR) is 60.9 cm³/mol. The Morgan fingerprint density at radius 2 is 2.18 bits per heavy atom. The highest BCUT2D eigenvalue weighted by Crippen LogP contribution is 2.14. The average Bonchev–Trinajstić information content (AvgIpc) is 2.75. The molecule has 0 spiro atoms. The molecule has 1 N–H and O–H groups in total. The van der Waals surface area contributed by atoms with Gasteiger partial charge in [-0.05, 0) is 18.7 Å². The molecule has 1 aromatic heterocycles. The van der Waals surface area contributed by atoms with E-state index < -0.39 is 11.6 Å². The summed E-state index contributed by atoms with van der Waals surface area (Å²) < 4.78 is 27.8. The van der Waals surface area contributed by atoms with Crippen LogP contribution in [-0.4, -0.2) is 16.1 Å². The van der Waals surface area contributed by atoms with E-state index in [4.69, 9.17) is 0 Å². The molecule has 0 saturated heterocycles. The Labute approximate surface area is 98.1 Å². The van der Waals surface area contributed by atoms with Crippen molar-refractivity contribution in [2.45, 2.75) is 13.5 Å². The first kappa shape index (κ1) is 11.7. The molecule has 2 aromatic rings. The Morgan fingerprint density at radius 1 is 1.35 bits per heavy atom. The van der Waals surface area contributed by atoms with Gasteiger partial charge in [0.05, 0.1) is 17.7 Å². The normalized spacial score (nSPS) is 10.8. The molecule has 1 aromatic carbocycles. The van der Waals surface area contributed by atoms with Crippen LogP contribution in [0.25, 0.3) is 5.69 Å². The minimum Gasteiger partial charge on any atom is -0.311 e. The number of hydrogen-bond acceptors (Lipinski definition) is 2. The Hall–Kier alpha value is -1.75. The van der Waals surface area contributed by atoms with Crippen LogP contribution in [-0.2, 0) is 6.54 Å². The van der Waals surface area contributed by atoms with Crippen molar-refractivity contribution in [2.75, 3.05) is 6.54 Å². The third-order valence-electron chi connectivity index (χ3n) is 2.38. The van der Waals surface area contributed by atoms with Crippen LogP contribution in [0.5, 0.6) is 0 Å². The first-order valence-corrected chi connectivity index (χ1v) is 5.39. The maximum Gasteiger partial charge on any atom is 0.150 e. The smallest absolute Gasteiger partial charge is 0.150 e. The third kappa shape index (κ3) is 2.68. The largest absolute Gasteiger partial charge is 0.311 e. The van der Waals surface area contributed by atoms with Gasteiger partial charge < -0.3 is 9.88 Å². The van der Waals surface area contributed by atoms with E-state index in [-0.39, 0.29) is 0 Å². The van der Waals surface area contributed by atoms with Crippen molar-refractivity contribution in [3.8, 4) is 5.69 Å². The summed E-state index contributed by atoms with van der Waals surface area (Å²) in [5.74, 6) is -1.18. The van der Waals surface area contributed by atoms with E-state index >= 15 is 0 Å². The number of nitrogens with zero attached hydrogens (tertiary/aromatic N) is 2. The molecule has 0 unspecified atom stereocenters. The van der Waals surface area contributed by atoms with Gasteiger partial charge in [-0.25, -0.2) is 13.8 Å². The minimum absolute atomic E-state index is 0.293. The second kappa shape index (κ2) is 5.05. The Bertz CT molecular complexity index is 508. The van der Waals surface area contributed by atoms with Crippen LogP contribution < -0.4 is 5.32 Å². The quantitative estimate of drug-likeness (QED) is 0.884. The second-order valence-corrected chi connectivity index (χ2v) is 3.65. The summed E-state index contributed by atoms with van der Waals surface area (Å²) in [5.41, 5.74) is 1.11. The van der Waals surface area contributed by atoms with E-state index in [9.17, 15) is 8.78 Å². The van der Waals surface area contributed by atoms with E-state index in [0.29, 0.717) is 12.2 Å². The number of nitrogens with one attached hydrogen (secondary N) is 1. The van der Waals surface area contributed by atoms with E-state index in [1.54, 1.807) is 10.8 Å². The lowest BCUT2D eigenvalue weighted by molar-refractivity contribution is 0.577. The summed E-state index contributed by atoms with van der Waals surface area (Å²) in [5, 5.41) is 3.12. The third-order valence-corrected chi connectivity index (χ3v) is 2.38. The first-order valence-electron chi connectivity index (χ1n) is 5.39. The van der Waals surface area contributed by atoms with Crippen LogP contribution in [0.15, 0.2) is 30.7 Å². The molecule has 0 atom stereocenters. The monoisotopic (exact) mass is 237 g/mol. The summed E-state index contributed by atoms with van der Waals surface area (Å²) in [6.45, 7) is 3.47. The highest BCUT2D eigenvalue weighted by molar-refractivity contribution is 5.34. The Morgan fingerprint density at radius 3 is 2.88 bits per heavy atom. The standard InChI is InChI=1S/C12H13F2N3/c1-2-15-6-10-7-17(8-16-10)12-4-3-9(13)5-11(12)14/h3-5,7-8,15H,2,6H2,1H3. The molecule has 0 aliphatic heterocycles. The number of hydrogen-bond donors (Lipinski definition) is 1. The second-order valence-electron chi connectivity index (χ2n) is 3.65. The number of imidazole rings is 1. The molecule has 1 heterocycles. The van der Waals surface area contributed by atoms with E-state index in [1.165, 1.54) is 18.5 Å². The lowest BCUT2D eigenvalue weighted by Crippen LogP contribution is -2.11. The zero-order chi connectivity index (χ0) is 12.3. The van der Waals surface area contributed by atoms with Gasteiger partial charge in [-0.3, -0.25) is 0 Å². The molecule has 90 valence electrons. The highest BCUT2D eigenvalue weighted by atomic mass is 19.1. The Balaban J connectivity index is 2.24. The molecule has 0 fully saturated rings. The summed E-state index contributed by atoms with van der Waals surface area (Å²) >= 11 is 0. The van der Waals surface area contributed by atoms with Gasteiger partial charge in [-0.15, -0.1) is 0 Å². The zero-order valence-electron chi connectivity index (χ0n) is 9.45. The zero-order valence-corrected chi connectivity index (χ0v) is 9.45. The SMILES string of the molecule is CCNCc1cn(-c2ccc(F)cc2F)cn1. The van der Waals surface area contributed by atoms with Crippen molar-refractivity contribution in [3.05, 3.63) is 48.1 Å². The summed E-state index contributed by atoms with van der Waals surface area (Å²) in [6, 6.07) is 3.48. The van der Waals surface area contributed by atoms with Crippen LogP contribution in [0.1, 0.15) is 12.6 Å². The van der Waals surface area contributed by atoms with Gasteiger partial charge in [0.1, 0.15) is 11.6 Å². The van der Waals surface area contributed by atoms with Crippen LogP contribution in [0.4, 0.5) is 8.78 Å². The average molecular weight is 237 g/mol. The van der Waals surface area contributed by atoms with Crippen molar-refractivity contribution in [1.29, 1.82) is 0 Å². The molecule has 0 radical (unpaired) electrons. The lowest BCUT2D eigenvalue weighted by Gasteiger charge is -2.03. The molecule has 0 bridgehead atoms. The van der Waals surface area contributed by atoms with Gasteiger partial charge in [0.15, 0.2) is 0 Å². The van der Waals surface area contributed by atoms with Crippen LogP contribution >= 0.6 is 0 Å². The van der Waals surface area contributed by atoms with Crippen LogP contribution in [0.3, 0.4) is 0 Å². The molecular weight excluding hydrogens is 224 g/mol. The maximum atomic E-state index is 13.5. The molecule has 0 aliphatic carbocycles. The van der Waals surface area contributed by atoms with Crippen molar-refractivity contribution in [1.82, 2.24) is 14.9 Å². The lowest BCUT2D eigenvalue weighted by atomic mass is 10.3. The molecule has 5 heteroatoms. The molecule has 0 aliphatic rings. The van der Waals surface area contributed by atoms with Gasteiger partial charge >= 0.3 is 0 Å². The fourth-order valence-corrected chi connectivity index (χ4v) is 1.53. The highest BCUT2D eigenvalue weighted by Gasteiger charge is 2.06. The number of rotatable bonds is 4. The predicted octanol–water partition coefficient (Wildman–Crippen LogP) is 2.26. The Kier molecular flexibility index (Phi) is 3.49.